The minimum Gasteiger partial charge on any atom is -0.406 e. The standard InChI is InChI=1S/C15H17F3N2O/c1-4-20(10-14(19)11(2)3)9-12-6-5-7-13(8-12)21-15(16,17)18/h4-8,10H,1-2,9,19H2,3H3/b14-10+. The molecule has 0 aliphatic carbocycles. The Kier molecular flexibility index (Phi) is 5.46. The maximum atomic E-state index is 12.2. The first-order chi connectivity index (χ1) is 9.71. The van der Waals surface area contributed by atoms with E-state index in [1.54, 1.807) is 24.1 Å². The van der Waals surface area contributed by atoms with E-state index in [9.17, 15) is 13.2 Å². The summed E-state index contributed by atoms with van der Waals surface area (Å²) < 4.78 is 40.4. The largest absolute Gasteiger partial charge is 0.573 e. The molecule has 21 heavy (non-hydrogen) atoms. The van der Waals surface area contributed by atoms with Crippen molar-refractivity contribution < 1.29 is 17.9 Å². The van der Waals surface area contributed by atoms with E-state index in [0.29, 0.717) is 23.4 Å². The third kappa shape index (κ3) is 6.07. The van der Waals surface area contributed by atoms with Crippen LogP contribution < -0.4 is 10.5 Å². The van der Waals surface area contributed by atoms with Crippen LogP contribution in [0.15, 0.2) is 61.1 Å². The molecule has 0 saturated heterocycles. The Hall–Kier alpha value is -2.37. The number of nitrogens with two attached hydrogens (primary N) is 1. The quantitative estimate of drug-likeness (QED) is 0.809. The number of ether oxygens (including phenoxy) is 1. The highest BCUT2D eigenvalue weighted by Gasteiger charge is 2.31. The van der Waals surface area contributed by atoms with Crippen LogP contribution in [-0.2, 0) is 6.54 Å². The zero-order chi connectivity index (χ0) is 16.0. The Bertz CT molecular complexity index is 550. The van der Waals surface area contributed by atoms with E-state index in [2.05, 4.69) is 17.9 Å². The summed E-state index contributed by atoms with van der Waals surface area (Å²) in [6.45, 7) is 9.41. The lowest BCUT2D eigenvalue weighted by Crippen LogP contribution is -2.17. The summed E-state index contributed by atoms with van der Waals surface area (Å²) in [4.78, 5) is 1.65. The highest BCUT2D eigenvalue weighted by Crippen LogP contribution is 2.24. The van der Waals surface area contributed by atoms with Gasteiger partial charge in [-0.1, -0.05) is 25.3 Å². The van der Waals surface area contributed by atoms with Gasteiger partial charge in [0.1, 0.15) is 5.75 Å². The van der Waals surface area contributed by atoms with Gasteiger partial charge in [0.2, 0.25) is 0 Å². The van der Waals surface area contributed by atoms with E-state index >= 15 is 0 Å². The minimum absolute atomic E-state index is 0.263. The first kappa shape index (κ1) is 16.7. The molecule has 0 aliphatic heterocycles. The Balaban J connectivity index is 2.86. The summed E-state index contributed by atoms with van der Waals surface area (Å²) in [5.74, 6) is -0.263. The Labute approximate surface area is 121 Å². The zero-order valence-electron chi connectivity index (χ0n) is 11.7. The molecule has 0 spiro atoms. The highest BCUT2D eigenvalue weighted by molar-refractivity contribution is 5.29. The normalized spacial score (nSPS) is 11.9. The van der Waals surface area contributed by atoms with E-state index < -0.39 is 6.36 Å². The van der Waals surface area contributed by atoms with Crippen LogP contribution in [-0.4, -0.2) is 11.3 Å². The molecule has 0 bridgehead atoms. The van der Waals surface area contributed by atoms with Gasteiger partial charge in [-0.15, -0.1) is 13.2 Å². The first-order valence-electron chi connectivity index (χ1n) is 6.07. The average molecular weight is 298 g/mol. The van der Waals surface area contributed by atoms with Gasteiger partial charge in [-0.25, -0.2) is 0 Å². The van der Waals surface area contributed by atoms with Crippen LogP contribution in [0, 0.1) is 0 Å². The van der Waals surface area contributed by atoms with Gasteiger partial charge in [0.25, 0.3) is 0 Å². The van der Waals surface area contributed by atoms with Crippen molar-refractivity contribution in [2.45, 2.75) is 19.8 Å². The molecular formula is C15H17F3N2O. The summed E-state index contributed by atoms with van der Waals surface area (Å²) in [7, 11) is 0. The van der Waals surface area contributed by atoms with Crippen LogP contribution >= 0.6 is 0 Å². The van der Waals surface area contributed by atoms with Crippen molar-refractivity contribution >= 4 is 0 Å². The number of alkyl halides is 3. The number of hydrogen-bond acceptors (Lipinski definition) is 3. The summed E-state index contributed by atoms with van der Waals surface area (Å²) in [6.07, 6.45) is -1.57. The van der Waals surface area contributed by atoms with E-state index in [-0.39, 0.29) is 5.75 Å². The van der Waals surface area contributed by atoms with Crippen LogP contribution in [0.4, 0.5) is 13.2 Å². The lowest BCUT2D eigenvalue weighted by Gasteiger charge is -2.17. The number of allylic oxidation sites excluding steroid dienone is 1. The van der Waals surface area contributed by atoms with Crippen molar-refractivity contribution in [3.63, 3.8) is 0 Å². The van der Waals surface area contributed by atoms with Gasteiger partial charge >= 0.3 is 6.36 Å². The second-order valence-electron chi connectivity index (χ2n) is 4.41. The molecule has 0 radical (unpaired) electrons. The first-order valence-corrected chi connectivity index (χ1v) is 6.07. The second kappa shape index (κ2) is 6.88. The number of rotatable bonds is 6. The van der Waals surface area contributed by atoms with Crippen LogP contribution in [0.5, 0.6) is 5.75 Å². The molecule has 0 unspecified atom stereocenters. The fourth-order valence-electron chi connectivity index (χ4n) is 1.50. The van der Waals surface area contributed by atoms with E-state index in [0.717, 1.165) is 0 Å². The molecule has 0 aromatic heterocycles. The second-order valence-corrected chi connectivity index (χ2v) is 4.41. The summed E-state index contributed by atoms with van der Waals surface area (Å²) in [6, 6.07) is 5.73. The maximum absolute atomic E-state index is 12.2. The van der Waals surface area contributed by atoms with Crippen molar-refractivity contribution in [3.8, 4) is 5.75 Å². The van der Waals surface area contributed by atoms with Crippen LogP contribution in [0.1, 0.15) is 12.5 Å². The average Bonchev–Trinajstić information content (AvgIpc) is 2.36. The molecule has 114 valence electrons. The molecule has 2 N–H and O–H groups in total. The molecule has 0 aliphatic rings. The number of nitrogens with zero attached hydrogens (tertiary/aromatic N) is 1. The highest BCUT2D eigenvalue weighted by atomic mass is 19.4. The molecular weight excluding hydrogens is 281 g/mol. The number of benzene rings is 1. The van der Waals surface area contributed by atoms with Crippen molar-refractivity contribution in [2.24, 2.45) is 5.73 Å². The van der Waals surface area contributed by atoms with Crippen LogP contribution in [0.25, 0.3) is 0 Å². The Morgan fingerprint density at radius 1 is 1.43 bits per heavy atom. The molecule has 1 aromatic carbocycles. The van der Waals surface area contributed by atoms with Crippen molar-refractivity contribution in [2.75, 3.05) is 0 Å². The van der Waals surface area contributed by atoms with Gasteiger partial charge in [0.15, 0.2) is 0 Å². The molecule has 1 aromatic rings. The van der Waals surface area contributed by atoms with Gasteiger partial charge < -0.3 is 15.4 Å². The summed E-state index contributed by atoms with van der Waals surface area (Å²) in [5, 5.41) is 0. The molecule has 6 heteroatoms. The van der Waals surface area contributed by atoms with Crippen molar-refractivity contribution in [3.05, 3.63) is 66.7 Å². The Morgan fingerprint density at radius 3 is 2.62 bits per heavy atom. The third-order valence-corrected chi connectivity index (χ3v) is 2.53. The lowest BCUT2D eigenvalue weighted by atomic mass is 10.2. The smallest absolute Gasteiger partial charge is 0.406 e. The van der Waals surface area contributed by atoms with Crippen LogP contribution in [0.2, 0.25) is 0 Å². The third-order valence-electron chi connectivity index (χ3n) is 2.53. The fraction of sp³-hybridized carbons (Fsp3) is 0.200. The van der Waals surface area contributed by atoms with Gasteiger partial charge in [-0.05, 0) is 36.4 Å². The van der Waals surface area contributed by atoms with Gasteiger partial charge in [-0.2, -0.15) is 0 Å². The van der Waals surface area contributed by atoms with Gasteiger partial charge in [0, 0.05) is 12.7 Å². The molecule has 3 nitrogen and oxygen atoms in total. The lowest BCUT2D eigenvalue weighted by molar-refractivity contribution is -0.274. The fourth-order valence-corrected chi connectivity index (χ4v) is 1.50. The molecule has 0 atom stereocenters. The van der Waals surface area contributed by atoms with E-state index in [4.69, 9.17) is 5.73 Å². The molecule has 0 fully saturated rings. The van der Waals surface area contributed by atoms with Crippen LogP contribution in [0.3, 0.4) is 0 Å². The summed E-state index contributed by atoms with van der Waals surface area (Å²) >= 11 is 0. The molecule has 0 amide bonds. The van der Waals surface area contributed by atoms with Gasteiger partial charge in [-0.3, -0.25) is 0 Å². The number of halogens is 3. The molecule has 1 rings (SSSR count). The SMILES string of the molecule is C=CN(/C=C(/N)C(=C)C)Cc1cccc(OC(F)(F)F)c1. The zero-order valence-corrected chi connectivity index (χ0v) is 11.7. The van der Waals surface area contributed by atoms with Gasteiger partial charge in [0.05, 0.1) is 5.70 Å². The Morgan fingerprint density at radius 2 is 2.10 bits per heavy atom. The number of hydrogen-bond donors (Lipinski definition) is 1. The topological polar surface area (TPSA) is 38.5 Å². The molecule has 0 saturated carbocycles. The summed E-state index contributed by atoms with van der Waals surface area (Å²) in [5.41, 5.74) is 7.55. The molecule has 0 heterocycles. The maximum Gasteiger partial charge on any atom is 0.573 e. The minimum atomic E-state index is -4.71. The monoisotopic (exact) mass is 298 g/mol. The van der Waals surface area contributed by atoms with E-state index in [1.165, 1.54) is 24.4 Å². The predicted octanol–water partition coefficient (Wildman–Crippen LogP) is 3.91. The van der Waals surface area contributed by atoms with Crippen molar-refractivity contribution in [1.29, 1.82) is 0 Å². The van der Waals surface area contributed by atoms with E-state index in [1.807, 2.05) is 0 Å². The predicted molar refractivity (Wildman–Crippen MR) is 75.9 cm³/mol. The van der Waals surface area contributed by atoms with Crippen molar-refractivity contribution in [1.82, 2.24) is 4.90 Å².